The van der Waals surface area contributed by atoms with Crippen molar-refractivity contribution < 1.29 is 9.18 Å². The number of H-pyrrole nitrogens is 1. The fourth-order valence-electron chi connectivity index (χ4n) is 3.67. The molecule has 0 fully saturated rings. The fraction of sp³-hybridized carbons (Fsp3) is 0.208. The van der Waals surface area contributed by atoms with Gasteiger partial charge in [-0.2, -0.15) is 5.10 Å². The first-order chi connectivity index (χ1) is 14.7. The third-order valence-electron chi connectivity index (χ3n) is 5.26. The molecule has 1 aromatic heterocycles. The van der Waals surface area contributed by atoms with Crippen LogP contribution in [0, 0.1) is 5.82 Å². The summed E-state index contributed by atoms with van der Waals surface area (Å²) in [5, 5.41) is 7.43. The molecule has 1 amide bonds. The van der Waals surface area contributed by atoms with Crippen molar-refractivity contribution in [3.05, 3.63) is 89.5 Å². The van der Waals surface area contributed by atoms with E-state index in [2.05, 4.69) is 15.2 Å². The number of aromatic nitrogens is 2. The van der Waals surface area contributed by atoms with Crippen LogP contribution in [-0.4, -0.2) is 33.8 Å². The van der Waals surface area contributed by atoms with Crippen molar-refractivity contribution in [2.45, 2.75) is 25.8 Å². The molecule has 1 N–H and O–H groups in total. The van der Waals surface area contributed by atoms with E-state index in [9.17, 15) is 9.18 Å². The Bertz CT molecular complexity index is 1070. The van der Waals surface area contributed by atoms with Crippen molar-refractivity contribution in [2.24, 2.45) is 4.99 Å². The number of rotatable bonds is 6. The van der Waals surface area contributed by atoms with Crippen molar-refractivity contribution in [3.8, 4) is 11.3 Å². The lowest BCUT2D eigenvalue weighted by atomic mass is 9.90. The lowest BCUT2D eigenvalue weighted by Gasteiger charge is -2.22. The van der Waals surface area contributed by atoms with E-state index < -0.39 is 0 Å². The first kappa shape index (κ1) is 19.8. The maximum absolute atomic E-state index is 13.5. The number of hydrogen-bond acceptors (Lipinski definition) is 3. The van der Waals surface area contributed by atoms with Crippen molar-refractivity contribution in [3.63, 3.8) is 0 Å². The second kappa shape index (κ2) is 8.86. The summed E-state index contributed by atoms with van der Waals surface area (Å²) >= 11 is 0. The van der Waals surface area contributed by atoms with E-state index >= 15 is 0 Å². The van der Waals surface area contributed by atoms with Crippen molar-refractivity contribution >= 4 is 12.1 Å². The van der Waals surface area contributed by atoms with Crippen LogP contribution in [-0.2, 0) is 6.54 Å². The second-order valence-corrected chi connectivity index (χ2v) is 7.19. The molecule has 1 atom stereocenters. The van der Waals surface area contributed by atoms with Crippen LogP contribution in [0.5, 0.6) is 0 Å². The van der Waals surface area contributed by atoms with Gasteiger partial charge >= 0.3 is 0 Å². The molecule has 30 heavy (non-hydrogen) atoms. The van der Waals surface area contributed by atoms with Crippen LogP contribution in [0.3, 0.4) is 0 Å². The largest absolute Gasteiger partial charge is 0.333 e. The average molecular weight is 402 g/mol. The smallest absolute Gasteiger partial charge is 0.272 e. The van der Waals surface area contributed by atoms with Gasteiger partial charge in [0.2, 0.25) is 0 Å². The third kappa shape index (κ3) is 4.08. The molecule has 3 aromatic rings. The Kier molecular flexibility index (Phi) is 5.84. The molecule has 0 bridgehead atoms. The molecule has 152 valence electrons. The molecule has 0 aliphatic carbocycles. The first-order valence-corrected chi connectivity index (χ1v) is 10.0. The number of nitrogens with zero attached hydrogens (tertiary/aromatic N) is 3. The number of aromatic amines is 1. The summed E-state index contributed by atoms with van der Waals surface area (Å²) in [6.07, 6.45) is 6.23. The van der Waals surface area contributed by atoms with Gasteiger partial charge in [-0.15, -0.1) is 0 Å². The highest BCUT2D eigenvalue weighted by molar-refractivity contribution is 5.96. The second-order valence-electron chi connectivity index (χ2n) is 7.19. The number of carbonyl (C=O) groups excluding carboxylic acids is 1. The third-order valence-corrected chi connectivity index (χ3v) is 5.26. The van der Waals surface area contributed by atoms with Crippen molar-refractivity contribution in [1.29, 1.82) is 0 Å². The zero-order chi connectivity index (χ0) is 20.9. The number of nitrogens with one attached hydrogen (secondary N) is 1. The zero-order valence-corrected chi connectivity index (χ0v) is 16.8. The molecule has 6 heteroatoms. The van der Waals surface area contributed by atoms with Gasteiger partial charge in [-0.1, -0.05) is 36.4 Å². The maximum Gasteiger partial charge on any atom is 0.272 e. The molecule has 2 heterocycles. The lowest BCUT2D eigenvalue weighted by Crippen LogP contribution is -2.31. The van der Waals surface area contributed by atoms with Crippen LogP contribution in [0.1, 0.15) is 40.9 Å². The molecular formula is C24H23FN4O. The molecule has 0 radical (unpaired) electrons. The van der Waals surface area contributed by atoms with Crippen LogP contribution in [0.25, 0.3) is 11.3 Å². The van der Waals surface area contributed by atoms with Gasteiger partial charge in [-0.25, -0.2) is 4.39 Å². The van der Waals surface area contributed by atoms with Gasteiger partial charge in [0, 0.05) is 42.5 Å². The Hall–Kier alpha value is -3.54. The highest BCUT2D eigenvalue weighted by Crippen LogP contribution is 2.34. The van der Waals surface area contributed by atoms with Gasteiger partial charge in [0.25, 0.3) is 5.91 Å². The average Bonchev–Trinajstić information content (AvgIpc) is 3.24. The summed E-state index contributed by atoms with van der Waals surface area (Å²) in [5.41, 5.74) is 3.79. The monoisotopic (exact) mass is 402 g/mol. The summed E-state index contributed by atoms with van der Waals surface area (Å²) in [4.78, 5) is 19.4. The Labute approximate surface area is 175 Å². The van der Waals surface area contributed by atoms with Crippen molar-refractivity contribution in [1.82, 2.24) is 15.1 Å². The van der Waals surface area contributed by atoms with E-state index in [1.807, 2.05) is 49.5 Å². The van der Waals surface area contributed by atoms with E-state index in [1.54, 1.807) is 23.2 Å². The SMILES string of the molecule is CCN(Cc1ccccc1)C(=O)c1[nH]nc(-c2ccc(F)cc2)c1C1C=CN=CC1. The van der Waals surface area contributed by atoms with Gasteiger partial charge in [0.15, 0.2) is 0 Å². The predicted octanol–water partition coefficient (Wildman–Crippen LogP) is 4.95. The van der Waals surface area contributed by atoms with E-state index in [1.165, 1.54) is 12.1 Å². The number of amides is 1. The highest BCUT2D eigenvalue weighted by atomic mass is 19.1. The zero-order valence-electron chi connectivity index (χ0n) is 16.8. The van der Waals surface area contributed by atoms with E-state index in [0.29, 0.717) is 30.9 Å². The summed E-state index contributed by atoms with van der Waals surface area (Å²) < 4.78 is 13.4. The Morgan fingerprint density at radius 3 is 2.60 bits per heavy atom. The van der Waals surface area contributed by atoms with Crippen molar-refractivity contribution in [2.75, 3.05) is 6.54 Å². The van der Waals surface area contributed by atoms with Crippen LogP contribution in [0.4, 0.5) is 4.39 Å². The van der Waals surface area contributed by atoms with Gasteiger partial charge in [0.05, 0.1) is 5.69 Å². The maximum atomic E-state index is 13.5. The lowest BCUT2D eigenvalue weighted by molar-refractivity contribution is 0.0745. The Morgan fingerprint density at radius 1 is 1.17 bits per heavy atom. The molecule has 1 unspecified atom stereocenters. The van der Waals surface area contributed by atoms with Gasteiger partial charge in [-0.05, 0) is 43.2 Å². The van der Waals surface area contributed by atoms with Crippen LogP contribution in [0.15, 0.2) is 71.9 Å². The molecule has 0 saturated carbocycles. The number of halogens is 1. The van der Waals surface area contributed by atoms with E-state index in [-0.39, 0.29) is 17.6 Å². The number of carbonyl (C=O) groups is 1. The number of hydrogen-bond donors (Lipinski definition) is 1. The Morgan fingerprint density at radius 2 is 1.93 bits per heavy atom. The summed E-state index contributed by atoms with van der Waals surface area (Å²) in [6.45, 7) is 3.05. The normalized spacial score (nSPS) is 15.3. The number of benzene rings is 2. The molecule has 1 aliphatic heterocycles. The standard InChI is InChI=1S/C24H23FN4O/c1-2-29(16-17-6-4-3-5-7-17)24(30)23-21(18-12-14-26-15-13-18)22(27-28-23)19-8-10-20(25)11-9-19/h3-12,14-15,18H,2,13,16H2,1H3,(H,27,28). The summed E-state index contributed by atoms with van der Waals surface area (Å²) in [6, 6.07) is 16.1. The predicted molar refractivity (Wildman–Crippen MR) is 116 cm³/mol. The quantitative estimate of drug-likeness (QED) is 0.634. The number of aliphatic imine (C=N–C) groups is 1. The highest BCUT2D eigenvalue weighted by Gasteiger charge is 2.28. The van der Waals surface area contributed by atoms with E-state index in [0.717, 1.165) is 16.7 Å². The minimum atomic E-state index is -0.308. The topological polar surface area (TPSA) is 61.4 Å². The van der Waals surface area contributed by atoms with Gasteiger partial charge in [0.1, 0.15) is 11.5 Å². The van der Waals surface area contributed by atoms with Gasteiger partial charge in [-0.3, -0.25) is 14.9 Å². The van der Waals surface area contributed by atoms with E-state index in [4.69, 9.17) is 0 Å². The Balaban J connectivity index is 1.73. The molecule has 0 saturated heterocycles. The summed E-state index contributed by atoms with van der Waals surface area (Å²) in [5.74, 6) is -0.444. The molecule has 4 rings (SSSR count). The minimum absolute atomic E-state index is 0.0318. The first-order valence-electron chi connectivity index (χ1n) is 10.0. The fourth-order valence-corrected chi connectivity index (χ4v) is 3.67. The molecule has 0 spiro atoms. The number of allylic oxidation sites excluding steroid dienone is 1. The van der Waals surface area contributed by atoms with Crippen LogP contribution >= 0.6 is 0 Å². The minimum Gasteiger partial charge on any atom is -0.333 e. The van der Waals surface area contributed by atoms with Gasteiger partial charge < -0.3 is 4.90 Å². The molecule has 1 aliphatic rings. The molecular weight excluding hydrogens is 379 g/mol. The molecule has 2 aromatic carbocycles. The summed E-state index contributed by atoms with van der Waals surface area (Å²) in [7, 11) is 0. The molecule has 5 nitrogen and oxygen atoms in total. The van der Waals surface area contributed by atoms with Crippen LogP contribution in [0.2, 0.25) is 0 Å². The van der Waals surface area contributed by atoms with Crippen LogP contribution < -0.4 is 0 Å².